The molecular formula is C24H21ClFN3O3S. The molecule has 6 nitrogen and oxygen atoms in total. The Bertz CT molecular complexity index is 1490. The molecule has 4 aromatic rings. The monoisotopic (exact) mass is 485 g/mol. The fourth-order valence-corrected chi connectivity index (χ4v) is 4.61. The number of halogens is 2. The summed E-state index contributed by atoms with van der Waals surface area (Å²) in [6.45, 7) is 3.95. The summed E-state index contributed by atoms with van der Waals surface area (Å²) in [5.74, 6) is -0.953. The van der Waals surface area contributed by atoms with Gasteiger partial charge < -0.3 is 5.32 Å². The number of carbonyl (C=O) groups excluding carboxylic acids is 1. The zero-order valence-electron chi connectivity index (χ0n) is 18.0. The second-order valence-corrected chi connectivity index (χ2v) is 9.16. The van der Waals surface area contributed by atoms with E-state index in [9.17, 15) is 18.8 Å². The van der Waals surface area contributed by atoms with Crippen LogP contribution >= 0.6 is 22.9 Å². The molecule has 0 aliphatic carbocycles. The van der Waals surface area contributed by atoms with Crippen LogP contribution in [0.1, 0.15) is 22.3 Å². The van der Waals surface area contributed by atoms with Gasteiger partial charge >= 0.3 is 5.69 Å². The first kappa shape index (κ1) is 22.9. The van der Waals surface area contributed by atoms with Gasteiger partial charge in [0.05, 0.1) is 17.1 Å². The molecule has 0 fully saturated rings. The van der Waals surface area contributed by atoms with Crippen LogP contribution in [-0.4, -0.2) is 15.0 Å². The number of aromatic nitrogens is 2. The van der Waals surface area contributed by atoms with Gasteiger partial charge in [0.2, 0.25) is 5.91 Å². The van der Waals surface area contributed by atoms with E-state index in [1.165, 1.54) is 34.1 Å². The molecule has 0 saturated heterocycles. The number of thiophene rings is 1. The standard InChI is InChI=1S/C24H21ClFN3O3S/c1-14-3-4-17(9-15(14)2)12-29-23(31)22-20(7-8-33-22)28(24(29)32)13-21(30)27-11-16-5-6-19(26)18(25)10-16/h3-10H,11-13H2,1-2H3,(H,27,30). The van der Waals surface area contributed by atoms with Crippen molar-refractivity contribution in [2.75, 3.05) is 0 Å². The minimum atomic E-state index is -0.552. The van der Waals surface area contributed by atoms with Crippen LogP contribution in [0.3, 0.4) is 0 Å². The van der Waals surface area contributed by atoms with Gasteiger partial charge in [-0.15, -0.1) is 11.3 Å². The van der Waals surface area contributed by atoms with Crippen molar-refractivity contribution in [3.05, 3.63) is 102 Å². The predicted octanol–water partition coefficient (Wildman–Crippen LogP) is 4.00. The molecular weight excluding hydrogens is 465 g/mol. The Morgan fingerprint density at radius 3 is 2.52 bits per heavy atom. The normalized spacial score (nSPS) is 11.2. The fourth-order valence-electron chi connectivity index (χ4n) is 3.56. The Morgan fingerprint density at radius 2 is 1.79 bits per heavy atom. The maximum Gasteiger partial charge on any atom is 0.332 e. The van der Waals surface area contributed by atoms with Crippen molar-refractivity contribution in [2.24, 2.45) is 0 Å². The quantitative estimate of drug-likeness (QED) is 0.448. The van der Waals surface area contributed by atoms with Gasteiger partial charge in [0.1, 0.15) is 17.1 Å². The number of rotatable bonds is 6. The molecule has 0 atom stereocenters. The molecule has 1 N–H and O–H groups in total. The highest BCUT2D eigenvalue weighted by Gasteiger charge is 2.17. The third-order valence-electron chi connectivity index (χ3n) is 5.52. The van der Waals surface area contributed by atoms with Gasteiger partial charge in [0.15, 0.2) is 0 Å². The lowest BCUT2D eigenvalue weighted by Crippen LogP contribution is -2.42. The zero-order chi connectivity index (χ0) is 23.7. The third kappa shape index (κ3) is 4.77. The van der Waals surface area contributed by atoms with Crippen molar-refractivity contribution < 1.29 is 9.18 Å². The minimum Gasteiger partial charge on any atom is -0.350 e. The molecule has 2 aromatic heterocycles. The maximum atomic E-state index is 13.3. The molecule has 0 aliphatic heterocycles. The number of hydrogen-bond acceptors (Lipinski definition) is 4. The van der Waals surface area contributed by atoms with E-state index in [1.807, 2.05) is 32.0 Å². The topological polar surface area (TPSA) is 73.1 Å². The van der Waals surface area contributed by atoms with Crippen LogP contribution in [0.25, 0.3) is 10.2 Å². The molecule has 0 bridgehead atoms. The first-order valence-electron chi connectivity index (χ1n) is 10.2. The van der Waals surface area contributed by atoms with Crippen LogP contribution < -0.4 is 16.6 Å². The van der Waals surface area contributed by atoms with Crippen LogP contribution in [0.15, 0.2) is 57.4 Å². The average molecular weight is 486 g/mol. The van der Waals surface area contributed by atoms with Gasteiger partial charge in [0.25, 0.3) is 5.56 Å². The fraction of sp³-hybridized carbons (Fsp3) is 0.208. The van der Waals surface area contributed by atoms with Crippen molar-refractivity contribution in [1.82, 2.24) is 14.5 Å². The van der Waals surface area contributed by atoms with Crippen LogP contribution in [-0.2, 0) is 24.4 Å². The van der Waals surface area contributed by atoms with Crippen LogP contribution in [0, 0.1) is 19.7 Å². The predicted molar refractivity (Wildman–Crippen MR) is 129 cm³/mol. The minimum absolute atomic E-state index is 0.0311. The van der Waals surface area contributed by atoms with Crippen LogP contribution in [0.4, 0.5) is 4.39 Å². The summed E-state index contributed by atoms with van der Waals surface area (Å²) in [6, 6.07) is 11.6. The SMILES string of the molecule is Cc1ccc(Cn2c(=O)c3sccc3n(CC(=O)NCc3ccc(F)c(Cl)c3)c2=O)cc1C. The molecule has 4 rings (SSSR count). The third-order valence-corrected chi connectivity index (χ3v) is 6.71. The maximum absolute atomic E-state index is 13.3. The number of nitrogens with one attached hydrogen (secondary N) is 1. The summed E-state index contributed by atoms with van der Waals surface area (Å²) in [5.41, 5.74) is 3.14. The van der Waals surface area contributed by atoms with Crippen molar-refractivity contribution in [2.45, 2.75) is 33.5 Å². The van der Waals surface area contributed by atoms with Gasteiger partial charge in [-0.2, -0.15) is 0 Å². The average Bonchev–Trinajstić information content (AvgIpc) is 3.27. The number of amides is 1. The van der Waals surface area contributed by atoms with E-state index in [0.717, 1.165) is 21.3 Å². The zero-order valence-corrected chi connectivity index (χ0v) is 19.6. The number of nitrogens with zero attached hydrogens (tertiary/aromatic N) is 2. The Morgan fingerprint density at radius 1 is 1.03 bits per heavy atom. The first-order chi connectivity index (χ1) is 15.7. The highest BCUT2D eigenvalue weighted by Crippen LogP contribution is 2.17. The lowest BCUT2D eigenvalue weighted by molar-refractivity contribution is -0.121. The number of aryl methyl sites for hydroxylation is 2. The van der Waals surface area contributed by atoms with Crippen molar-refractivity contribution in [1.29, 1.82) is 0 Å². The molecule has 0 aliphatic rings. The highest BCUT2D eigenvalue weighted by molar-refractivity contribution is 7.17. The molecule has 0 radical (unpaired) electrons. The summed E-state index contributed by atoms with van der Waals surface area (Å²) in [7, 11) is 0. The first-order valence-corrected chi connectivity index (χ1v) is 11.5. The van der Waals surface area contributed by atoms with E-state index in [2.05, 4.69) is 5.32 Å². The molecule has 170 valence electrons. The summed E-state index contributed by atoms with van der Waals surface area (Å²) < 4.78 is 16.2. The largest absolute Gasteiger partial charge is 0.350 e. The van der Waals surface area contributed by atoms with Gasteiger partial charge in [-0.25, -0.2) is 9.18 Å². The number of benzene rings is 2. The Hall–Kier alpha value is -3.23. The Kier molecular flexibility index (Phi) is 6.49. The van der Waals surface area contributed by atoms with Crippen LogP contribution in [0.5, 0.6) is 0 Å². The van der Waals surface area contributed by atoms with Crippen molar-refractivity contribution >= 4 is 39.1 Å². The van der Waals surface area contributed by atoms with E-state index in [1.54, 1.807) is 11.4 Å². The van der Waals surface area contributed by atoms with Crippen molar-refractivity contribution in [3.63, 3.8) is 0 Å². The van der Waals surface area contributed by atoms with Gasteiger partial charge in [-0.1, -0.05) is 35.9 Å². The highest BCUT2D eigenvalue weighted by atomic mass is 35.5. The Balaban J connectivity index is 1.62. The summed E-state index contributed by atoms with van der Waals surface area (Å²) in [5, 5.41) is 4.40. The Labute approximate surface area is 197 Å². The molecule has 2 heterocycles. The van der Waals surface area contributed by atoms with E-state index in [4.69, 9.17) is 11.6 Å². The van der Waals surface area contributed by atoms with E-state index in [0.29, 0.717) is 15.8 Å². The molecule has 0 unspecified atom stereocenters. The lowest BCUT2D eigenvalue weighted by Gasteiger charge is -2.13. The lowest BCUT2D eigenvalue weighted by atomic mass is 10.1. The molecule has 9 heteroatoms. The van der Waals surface area contributed by atoms with E-state index < -0.39 is 17.4 Å². The van der Waals surface area contributed by atoms with Crippen molar-refractivity contribution in [3.8, 4) is 0 Å². The van der Waals surface area contributed by atoms with Gasteiger partial charge in [-0.3, -0.25) is 18.7 Å². The van der Waals surface area contributed by atoms with Gasteiger partial charge in [-0.05, 0) is 59.7 Å². The summed E-state index contributed by atoms with van der Waals surface area (Å²) >= 11 is 7.02. The second-order valence-electron chi connectivity index (χ2n) is 7.84. The smallest absolute Gasteiger partial charge is 0.332 e. The molecule has 0 spiro atoms. The molecule has 2 aromatic carbocycles. The molecule has 0 saturated carbocycles. The second kappa shape index (κ2) is 9.33. The number of fused-ring (bicyclic) bond motifs is 1. The summed E-state index contributed by atoms with van der Waals surface area (Å²) in [4.78, 5) is 38.9. The molecule has 1 amide bonds. The molecule has 33 heavy (non-hydrogen) atoms. The van der Waals surface area contributed by atoms with E-state index >= 15 is 0 Å². The number of hydrogen-bond donors (Lipinski definition) is 1. The number of carbonyl (C=O) groups is 1. The van der Waals surface area contributed by atoms with E-state index in [-0.39, 0.29) is 30.2 Å². The van der Waals surface area contributed by atoms with Gasteiger partial charge in [0, 0.05) is 6.54 Å². The van der Waals surface area contributed by atoms with Crippen LogP contribution in [0.2, 0.25) is 5.02 Å². The summed E-state index contributed by atoms with van der Waals surface area (Å²) in [6.07, 6.45) is 0.